The highest BCUT2D eigenvalue weighted by Crippen LogP contribution is 2.19. The minimum absolute atomic E-state index is 0.00559. The first-order chi connectivity index (χ1) is 10.1. The van der Waals surface area contributed by atoms with E-state index in [1.54, 1.807) is 9.80 Å². The Balaban J connectivity index is 1.98. The first-order valence-electron chi connectivity index (χ1n) is 6.97. The number of nitrogens with zero attached hydrogens (tertiary/aromatic N) is 2. The Kier molecular flexibility index (Phi) is 5.37. The first-order valence-corrected chi connectivity index (χ1v) is 7.79. The van der Waals surface area contributed by atoms with Crippen molar-refractivity contribution in [3.8, 4) is 11.8 Å². The zero-order chi connectivity index (χ0) is 15.2. The largest absolute Gasteiger partial charge is 0.332 e. The maximum atomic E-state index is 12.1. The van der Waals surface area contributed by atoms with Crippen LogP contribution in [0, 0.1) is 11.8 Å². The van der Waals surface area contributed by atoms with Gasteiger partial charge in [0.05, 0.1) is 24.5 Å². The molecule has 2 amide bonds. The molecular weight excluding hydrogens is 286 g/mol. The molecule has 0 atom stereocenters. The first kappa shape index (κ1) is 15.5. The molecule has 6 heteroatoms. The lowest BCUT2D eigenvalue weighted by Crippen LogP contribution is -2.53. The SMILES string of the molecule is CCCN1CC(=O)N(Cc2ccc(C#CCN)s2)CC1=O. The molecule has 1 aliphatic heterocycles. The van der Waals surface area contributed by atoms with E-state index in [2.05, 4.69) is 11.8 Å². The second kappa shape index (κ2) is 7.25. The smallest absolute Gasteiger partial charge is 0.242 e. The van der Waals surface area contributed by atoms with Crippen LogP contribution in [-0.4, -0.2) is 47.8 Å². The molecule has 21 heavy (non-hydrogen) atoms. The van der Waals surface area contributed by atoms with E-state index in [1.165, 1.54) is 11.3 Å². The van der Waals surface area contributed by atoms with Crippen molar-refractivity contribution in [2.75, 3.05) is 26.2 Å². The van der Waals surface area contributed by atoms with Crippen LogP contribution in [0.5, 0.6) is 0 Å². The molecule has 0 spiro atoms. The Morgan fingerprint density at radius 1 is 1.24 bits per heavy atom. The summed E-state index contributed by atoms with van der Waals surface area (Å²) in [5.74, 6) is 5.80. The summed E-state index contributed by atoms with van der Waals surface area (Å²) in [5.41, 5.74) is 5.34. The number of piperazine rings is 1. The van der Waals surface area contributed by atoms with E-state index in [9.17, 15) is 9.59 Å². The Morgan fingerprint density at radius 2 is 1.95 bits per heavy atom. The normalized spacial score (nSPS) is 15.1. The second-order valence-electron chi connectivity index (χ2n) is 4.84. The molecule has 2 rings (SSSR count). The molecular formula is C15H19N3O2S. The van der Waals surface area contributed by atoms with Gasteiger partial charge in [-0.2, -0.15) is 0 Å². The van der Waals surface area contributed by atoms with Crippen LogP contribution in [0.4, 0.5) is 0 Å². The van der Waals surface area contributed by atoms with E-state index in [0.717, 1.165) is 16.2 Å². The molecule has 1 aromatic rings. The van der Waals surface area contributed by atoms with Crippen LogP contribution in [0.3, 0.4) is 0 Å². The van der Waals surface area contributed by atoms with Gasteiger partial charge in [-0.3, -0.25) is 9.59 Å². The third-order valence-corrected chi connectivity index (χ3v) is 4.16. The minimum Gasteiger partial charge on any atom is -0.332 e. The van der Waals surface area contributed by atoms with Crippen LogP contribution in [0.2, 0.25) is 0 Å². The van der Waals surface area contributed by atoms with Gasteiger partial charge >= 0.3 is 0 Å². The molecule has 1 fully saturated rings. The van der Waals surface area contributed by atoms with E-state index >= 15 is 0 Å². The topological polar surface area (TPSA) is 66.6 Å². The van der Waals surface area contributed by atoms with Gasteiger partial charge in [0.25, 0.3) is 0 Å². The number of amides is 2. The summed E-state index contributed by atoms with van der Waals surface area (Å²) in [6.07, 6.45) is 0.868. The number of rotatable bonds is 4. The molecule has 1 saturated heterocycles. The van der Waals surface area contributed by atoms with Crippen LogP contribution in [-0.2, 0) is 16.1 Å². The number of carbonyl (C=O) groups excluding carboxylic acids is 2. The predicted octanol–water partition coefficient (Wildman–Crippen LogP) is 0.639. The van der Waals surface area contributed by atoms with Crippen LogP contribution >= 0.6 is 11.3 Å². The monoisotopic (exact) mass is 305 g/mol. The number of hydrogen-bond donors (Lipinski definition) is 1. The van der Waals surface area contributed by atoms with Crippen LogP contribution < -0.4 is 5.73 Å². The van der Waals surface area contributed by atoms with E-state index in [4.69, 9.17) is 5.73 Å². The van der Waals surface area contributed by atoms with Crippen molar-refractivity contribution in [3.05, 3.63) is 21.9 Å². The zero-order valence-electron chi connectivity index (χ0n) is 12.1. The zero-order valence-corrected chi connectivity index (χ0v) is 12.9. The third kappa shape index (κ3) is 4.06. The quantitative estimate of drug-likeness (QED) is 0.830. The van der Waals surface area contributed by atoms with E-state index in [1.807, 2.05) is 19.1 Å². The van der Waals surface area contributed by atoms with Gasteiger partial charge in [0.2, 0.25) is 11.8 Å². The number of nitrogens with two attached hydrogens (primary N) is 1. The molecule has 0 bridgehead atoms. The highest BCUT2D eigenvalue weighted by molar-refractivity contribution is 7.12. The minimum atomic E-state index is 0.00559. The molecule has 1 aromatic heterocycles. The summed E-state index contributed by atoms with van der Waals surface area (Å²) >= 11 is 1.53. The molecule has 2 N–H and O–H groups in total. The maximum Gasteiger partial charge on any atom is 0.242 e. The van der Waals surface area contributed by atoms with E-state index in [-0.39, 0.29) is 24.9 Å². The summed E-state index contributed by atoms with van der Waals surface area (Å²) in [7, 11) is 0. The molecule has 1 aliphatic rings. The Bertz CT molecular complexity index is 585. The summed E-state index contributed by atoms with van der Waals surface area (Å²) in [6, 6.07) is 3.86. The maximum absolute atomic E-state index is 12.1. The average molecular weight is 305 g/mol. The molecule has 5 nitrogen and oxygen atoms in total. The fourth-order valence-electron chi connectivity index (χ4n) is 2.18. The van der Waals surface area contributed by atoms with Gasteiger partial charge in [-0.05, 0) is 18.6 Å². The van der Waals surface area contributed by atoms with Gasteiger partial charge in [-0.15, -0.1) is 11.3 Å². The molecule has 0 aromatic carbocycles. The predicted molar refractivity (Wildman–Crippen MR) is 82.5 cm³/mol. The lowest BCUT2D eigenvalue weighted by Gasteiger charge is -2.33. The summed E-state index contributed by atoms with van der Waals surface area (Å²) in [6.45, 7) is 3.81. The summed E-state index contributed by atoms with van der Waals surface area (Å²) in [4.78, 5) is 29.3. The van der Waals surface area contributed by atoms with Crippen molar-refractivity contribution in [2.45, 2.75) is 19.9 Å². The fourth-order valence-corrected chi connectivity index (χ4v) is 3.08. The third-order valence-electron chi connectivity index (χ3n) is 3.17. The number of thiophene rings is 1. The van der Waals surface area contributed by atoms with Crippen molar-refractivity contribution >= 4 is 23.2 Å². The van der Waals surface area contributed by atoms with Crippen molar-refractivity contribution in [1.29, 1.82) is 0 Å². The van der Waals surface area contributed by atoms with E-state index in [0.29, 0.717) is 19.6 Å². The summed E-state index contributed by atoms with van der Waals surface area (Å²) in [5, 5.41) is 0. The summed E-state index contributed by atoms with van der Waals surface area (Å²) < 4.78 is 0. The lowest BCUT2D eigenvalue weighted by atomic mass is 10.2. The van der Waals surface area contributed by atoms with Crippen molar-refractivity contribution < 1.29 is 9.59 Å². The molecule has 0 saturated carbocycles. The molecule has 112 valence electrons. The van der Waals surface area contributed by atoms with Gasteiger partial charge in [0, 0.05) is 11.4 Å². The highest BCUT2D eigenvalue weighted by Gasteiger charge is 2.29. The van der Waals surface area contributed by atoms with Gasteiger partial charge < -0.3 is 15.5 Å². The highest BCUT2D eigenvalue weighted by atomic mass is 32.1. The number of hydrogen-bond acceptors (Lipinski definition) is 4. The van der Waals surface area contributed by atoms with Crippen molar-refractivity contribution in [3.63, 3.8) is 0 Å². The van der Waals surface area contributed by atoms with Gasteiger partial charge in [0.15, 0.2) is 0 Å². The van der Waals surface area contributed by atoms with Crippen LogP contribution in [0.25, 0.3) is 0 Å². The molecule has 0 aliphatic carbocycles. The van der Waals surface area contributed by atoms with Crippen LogP contribution in [0.1, 0.15) is 23.1 Å². The van der Waals surface area contributed by atoms with Gasteiger partial charge in [-0.25, -0.2) is 0 Å². The van der Waals surface area contributed by atoms with Crippen molar-refractivity contribution in [1.82, 2.24) is 9.80 Å². The Hall–Kier alpha value is -1.84. The average Bonchev–Trinajstić information content (AvgIpc) is 2.90. The van der Waals surface area contributed by atoms with Crippen LogP contribution in [0.15, 0.2) is 12.1 Å². The lowest BCUT2D eigenvalue weighted by molar-refractivity contribution is -0.150. The standard InChI is InChI=1S/C15H19N3O2S/c1-2-8-17-10-15(20)18(11-14(17)19)9-13-6-5-12(21-13)4-3-7-16/h5-6H,2,7-11,16H2,1H3. The number of carbonyl (C=O) groups is 2. The second-order valence-corrected chi connectivity index (χ2v) is 6.01. The Labute approximate surface area is 128 Å². The molecule has 2 heterocycles. The fraction of sp³-hybridized carbons (Fsp3) is 0.467. The van der Waals surface area contributed by atoms with Gasteiger partial charge in [-0.1, -0.05) is 18.8 Å². The van der Waals surface area contributed by atoms with E-state index < -0.39 is 0 Å². The van der Waals surface area contributed by atoms with Crippen molar-refractivity contribution in [2.24, 2.45) is 5.73 Å². The molecule has 0 unspecified atom stereocenters. The Morgan fingerprint density at radius 3 is 2.67 bits per heavy atom. The van der Waals surface area contributed by atoms with Gasteiger partial charge in [0.1, 0.15) is 6.54 Å². The molecule has 0 radical (unpaired) electrons.